The molecule has 0 saturated carbocycles. The van der Waals surface area contributed by atoms with Crippen LogP contribution in [0.4, 0.5) is 0 Å². The smallest absolute Gasteiger partial charge is 0.394 e. The first kappa shape index (κ1) is 17.7. The van der Waals surface area contributed by atoms with Crippen molar-refractivity contribution in [3.8, 4) is 0 Å². The molecule has 10 heteroatoms. The van der Waals surface area contributed by atoms with E-state index in [1.54, 1.807) is 0 Å². The summed E-state index contributed by atoms with van der Waals surface area (Å²) in [6, 6.07) is -1.67. The normalized spacial score (nSPS) is 14.3. The van der Waals surface area contributed by atoms with Crippen LogP contribution in [-0.2, 0) is 18.7 Å². The second-order valence-corrected chi connectivity index (χ2v) is 3.81. The third-order valence-corrected chi connectivity index (χ3v) is 1.48. The molecule has 2 unspecified atom stereocenters. The van der Waals surface area contributed by atoms with Gasteiger partial charge in [0.05, 0.1) is 25.3 Å². The van der Waals surface area contributed by atoms with Gasteiger partial charge < -0.3 is 35.9 Å². The number of phosphoric acid groups is 1. The summed E-state index contributed by atoms with van der Waals surface area (Å²) in [4.78, 5) is 35.4. The van der Waals surface area contributed by atoms with Gasteiger partial charge in [-0.05, 0) is 0 Å². The van der Waals surface area contributed by atoms with Gasteiger partial charge in [0.25, 0.3) is 0 Å². The van der Waals surface area contributed by atoms with Gasteiger partial charge in [-0.2, -0.15) is 0 Å². The standard InChI is InChI=1S/C3H8NO5P.C3H7NO2/c4-3(1-5)2-9-10(6,7)8;4-3(1-5)2-6/h1,3H,2,4H2,(H2,6,7,8);1,3,6H,2,4H2. The monoisotopic (exact) mass is 258 g/mol. The summed E-state index contributed by atoms with van der Waals surface area (Å²) < 4.78 is 13.8. The van der Waals surface area contributed by atoms with Crippen molar-refractivity contribution >= 4 is 20.4 Å². The summed E-state index contributed by atoms with van der Waals surface area (Å²) in [6.45, 7) is -0.725. The second-order valence-electron chi connectivity index (χ2n) is 2.57. The van der Waals surface area contributed by atoms with Crippen molar-refractivity contribution in [1.82, 2.24) is 0 Å². The highest BCUT2D eigenvalue weighted by molar-refractivity contribution is 7.46. The number of phosphoric ester groups is 1. The number of nitrogens with two attached hydrogens (primary N) is 2. The Balaban J connectivity index is 0. The summed E-state index contributed by atoms with van der Waals surface area (Å²) in [7, 11) is -4.47. The van der Waals surface area contributed by atoms with Crippen LogP contribution in [0, 0.1) is 0 Å². The molecular weight excluding hydrogens is 243 g/mol. The second kappa shape index (κ2) is 9.55. The topological polar surface area (TPSA) is 173 Å². The van der Waals surface area contributed by atoms with Gasteiger partial charge >= 0.3 is 7.82 Å². The molecule has 0 rings (SSSR count). The van der Waals surface area contributed by atoms with Crippen molar-refractivity contribution in [2.75, 3.05) is 13.2 Å². The van der Waals surface area contributed by atoms with E-state index >= 15 is 0 Å². The maximum absolute atomic E-state index is 9.95. The fraction of sp³-hybridized carbons (Fsp3) is 0.667. The Labute approximate surface area is 91.6 Å². The first-order valence-electron chi connectivity index (χ1n) is 3.99. The average Bonchev–Trinajstić information content (AvgIpc) is 2.24. The molecule has 0 aromatic carbocycles. The van der Waals surface area contributed by atoms with Crippen molar-refractivity contribution in [3.05, 3.63) is 0 Å². The lowest BCUT2D eigenvalue weighted by Gasteiger charge is -2.05. The van der Waals surface area contributed by atoms with Crippen LogP contribution >= 0.6 is 7.82 Å². The van der Waals surface area contributed by atoms with E-state index in [0.29, 0.717) is 12.6 Å². The third kappa shape index (κ3) is 15.8. The first-order valence-corrected chi connectivity index (χ1v) is 5.52. The minimum Gasteiger partial charge on any atom is -0.394 e. The molecule has 0 amide bonds. The van der Waals surface area contributed by atoms with Crippen LogP contribution < -0.4 is 11.5 Å². The SMILES string of the molecule is NC(C=O)CO.NC(C=O)COP(=O)(O)O. The number of aliphatic hydroxyl groups excluding tert-OH is 1. The molecule has 0 fully saturated rings. The molecule has 0 heterocycles. The Morgan fingerprint density at radius 3 is 1.81 bits per heavy atom. The van der Waals surface area contributed by atoms with E-state index in [2.05, 4.69) is 4.52 Å². The Kier molecular flexibility index (Phi) is 10.6. The van der Waals surface area contributed by atoms with Crippen LogP contribution in [0.15, 0.2) is 0 Å². The lowest BCUT2D eigenvalue weighted by molar-refractivity contribution is -0.110. The van der Waals surface area contributed by atoms with Crippen molar-refractivity contribution in [3.63, 3.8) is 0 Å². The van der Waals surface area contributed by atoms with E-state index < -0.39 is 26.5 Å². The quantitative estimate of drug-likeness (QED) is 0.247. The molecule has 96 valence electrons. The van der Waals surface area contributed by atoms with Gasteiger partial charge in [-0.15, -0.1) is 0 Å². The van der Waals surface area contributed by atoms with Crippen LogP contribution in [0.1, 0.15) is 0 Å². The van der Waals surface area contributed by atoms with E-state index in [9.17, 15) is 14.2 Å². The Morgan fingerprint density at radius 1 is 1.19 bits per heavy atom. The summed E-state index contributed by atoms with van der Waals surface area (Å²) in [5, 5.41) is 7.98. The summed E-state index contributed by atoms with van der Waals surface area (Å²) in [5.41, 5.74) is 9.80. The number of aldehydes is 2. The molecule has 0 aliphatic carbocycles. The van der Waals surface area contributed by atoms with E-state index in [4.69, 9.17) is 26.4 Å². The molecule has 9 nitrogen and oxygen atoms in total. The van der Waals surface area contributed by atoms with Gasteiger partial charge in [-0.25, -0.2) is 4.57 Å². The van der Waals surface area contributed by atoms with Crippen molar-refractivity contribution < 1.29 is 33.6 Å². The fourth-order valence-corrected chi connectivity index (χ4v) is 0.632. The largest absolute Gasteiger partial charge is 0.469 e. The van der Waals surface area contributed by atoms with Gasteiger partial charge in [0, 0.05) is 0 Å². The van der Waals surface area contributed by atoms with E-state index in [-0.39, 0.29) is 6.61 Å². The zero-order valence-electron chi connectivity index (χ0n) is 8.30. The minimum atomic E-state index is -4.47. The molecule has 0 aliphatic heterocycles. The predicted molar refractivity (Wildman–Crippen MR) is 53.2 cm³/mol. The van der Waals surface area contributed by atoms with E-state index in [1.165, 1.54) is 0 Å². The van der Waals surface area contributed by atoms with E-state index in [1.807, 2.05) is 0 Å². The van der Waals surface area contributed by atoms with Gasteiger partial charge in [-0.3, -0.25) is 4.52 Å². The molecule has 7 N–H and O–H groups in total. The van der Waals surface area contributed by atoms with Crippen molar-refractivity contribution in [1.29, 1.82) is 0 Å². The highest BCUT2D eigenvalue weighted by Crippen LogP contribution is 2.35. The zero-order valence-corrected chi connectivity index (χ0v) is 9.19. The van der Waals surface area contributed by atoms with Crippen LogP contribution in [0.25, 0.3) is 0 Å². The molecule has 0 bridgehead atoms. The molecular formula is C6H15N2O7P. The van der Waals surface area contributed by atoms with Crippen LogP contribution in [0.3, 0.4) is 0 Å². The molecule has 0 saturated heterocycles. The number of hydrogen-bond acceptors (Lipinski definition) is 7. The molecule has 2 atom stereocenters. The van der Waals surface area contributed by atoms with Crippen molar-refractivity contribution in [2.45, 2.75) is 12.1 Å². The van der Waals surface area contributed by atoms with Crippen LogP contribution in [-0.4, -0.2) is 52.8 Å². The van der Waals surface area contributed by atoms with Gasteiger partial charge in [-0.1, -0.05) is 0 Å². The summed E-state index contributed by atoms with van der Waals surface area (Å²) in [5.74, 6) is 0. The Morgan fingerprint density at radius 2 is 1.62 bits per heavy atom. The summed E-state index contributed by atoms with van der Waals surface area (Å²) >= 11 is 0. The number of rotatable bonds is 6. The predicted octanol–water partition coefficient (Wildman–Crippen LogP) is -2.87. The van der Waals surface area contributed by atoms with Gasteiger partial charge in [0.2, 0.25) is 0 Å². The Bertz CT molecular complexity index is 243. The maximum Gasteiger partial charge on any atom is 0.469 e. The van der Waals surface area contributed by atoms with Gasteiger partial charge in [0.1, 0.15) is 12.6 Å². The first-order chi connectivity index (χ1) is 7.26. The molecule has 0 radical (unpaired) electrons. The van der Waals surface area contributed by atoms with E-state index in [0.717, 1.165) is 0 Å². The maximum atomic E-state index is 9.95. The molecule has 0 aromatic heterocycles. The minimum absolute atomic E-state index is 0.260. The number of carbonyl (C=O) groups is 2. The number of aliphatic hydroxyl groups is 1. The average molecular weight is 258 g/mol. The van der Waals surface area contributed by atoms with Gasteiger partial charge in [0.15, 0.2) is 0 Å². The third-order valence-electron chi connectivity index (χ3n) is 0.996. The number of hydrogen-bond donors (Lipinski definition) is 5. The highest BCUT2D eigenvalue weighted by Gasteiger charge is 2.15. The number of carbonyl (C=O) groups excluding carboxylic acids is 2. The van der Waals surface area contributed by atoms with Crippen LogP contribution in [0.5, 0.6) is 0 Å². The lowest BCUT2D eigenvalue weighted by Crippen LogP contribution is -2.26. The summed E-state index contributed by atoms with van der Waals surface area (Å²) in [6.07, 6.45) is 0.843. The van der Waals surface area contributed by atoms with Crippen molar-refractivity contribution in [2.24, 2.45) is 11.5 Å². The zero-order chi connectivity index (χ0) is 13.2. The fourth-order valence-electron chi connectivity index (χ4n) is 0.265. The lowest BCUT2D eigenvalue weighted by atomic mass is 10.4. The molecule has 0 aliphatic rings. The Hall–Kier alpha value is -0.670. The molecule has 0 spiro atoms. The molecule has 0 aromatic rings. The molecule has 16 heavy (non-hydrogen) atoms. The van der Waals surface area contributed by atoms with Crippen LogP contribution in [0.2, 0.25) is 0 Å². The highest BCUT2D eigenvalue weighted by atomic mass is 31.2.